The maximum absolute atomic E-state index is 12.4. The Hall–Kier alpha value is -1.66. The number of nitrogens with one attached hydrogen (secondary N) is 1. The van der Waals surface area contributed by atoms with Crippen LogP contribution < -0.4 is 5.32 Å². The summed E-state index contributed by atoms with van der Waals surface area (Å²) >= 11 is 4.63. The SMILES string of the molecule is COC(=O)c1scc(C)c1NC(=O)c1ccc(C)cc1Br. The molecule has 0 bridgehead atoms. The number of ether oxygens (including phenoxy) is 1. The van der Waals surface area contributed by atoms with Crippen molar-refractivity contribution in [1.82, 2.24) is 0 Å². The molecule has 1 heterocycles. The van der Waals surface area contributed by atoms with E-state index in [1.807, 2.05) is 31.4 Å². The average molecular weight is 368 g/mol. The van der Waals surface area contributed by atoms with E-state index in [-0.39, 0.29) is 5.91 Å². The van der Waals surface area contributed by atoms with Crippen molar-refractivity contribution in [3.8, 4) is 0 Å². The van der Waals surface area contributed by atoms with Crippen LogP contribution >= 0.6 is 27.3 Å². The Balaban J connectivity index is 2.32. The Morgan fingerprint density at radius 3 is 2.62 bits per heavy atom. The van der Waals surface area contributed by atoms with Gasteiger partial charge in [0.05, 0.1) is 18.4 Å². The van der Waals surface area contributed by atoms with Crippen LogP contribution in [0.5, 0.6) is 0 Å². The lowest BCUT2D eigenvalue weighted by atomic mass is 10.1. The van der Waals surface area contributed by atoms with E-state index in [2.05, 4.69) is 21.2 Å². The highest BCUT2D eigenvalue weighted by Gasteiger charge is 2.20. The van der Waals surface area contributed by atoms with E-state index < -0.39 is 5.97 Å². The van der Waals surface area contributed by atoms with Gasteiger partial charge in [0, 0.05) is 4.47 Å². The lowest BCUT2D eigenvalue weighted by Crippen LogP contribution is -2.15. The minimum atomic E-state index is -0.452. The summed E-state index contributed by atoms with van der Waals surface area (Å²) in [6.07, 6.45) is 0. The molecule has 4 nitrogen and oxygen atoms in total. The number of hydrogen-bond donors (Lipinski definition) is 1. The molecule has 0 radical (unpaired) electrons. The number of halogens is 1. The van der Waals surface area contributed by atoms with Crippen LogP contribution in [0.25, 0.3) is 0 Å². The minimum Gasteiger partial charge on any atom is -0.465 e. The highest BCUT2D eigenvalue weighted by molar-refractivity contribution is 9.10. The molecule has 0 atom stereocenters. The fourth-order valence-corrected chi connectivity index (χ4v) is 3.42. The molecule has 2 aromatic rings. The normalized spacial score (nSPS) is 10.3. The Labute approximate surface area is 135 Å². The summed E-state index contributed by atoms with van der Waals surface area (Å²) in [5, 5.41) is 4.60. The highest BCUT2D eigenvalue weighted by Crippen LogP contribution is 2.29. The topological polar surface area (TPSA) is 55.4 Å². The predicted molar refractivity (Wildman–Crippen MR) is 87.2 cm³/mol. The summed E-state index contributed by atoms with van der Waals surface area (Å²) in [5.74, 6) is -0.722. The summed E-state index contributed by atoms with van der Waals surface area (Å²) in [6.45, 7) is 3.79. The van der Waals surface area contributed by atoms with Crippen molar-refractivity contribution in [1.29, 1.82) is 0 Å². The molecule has 0 aliphatic heterocycles. The van der Waals surface area contributed by atoms with E-state index in [0.717, 1.165) is 11.1 Å². The maximum atomic E-state index is 12.4. The van der Waals surface area contributed by atoms with Gasteiger partial charge in [-0.2, -0.15) is 0 Å². The van der Waals surface area contributed by atoms with Crippen molar-refractivity contribution in [3.63, 3.8) is 0 Å². The van der Waals surface area contributed by atoms with E-state index in [1.165, 1.54) is 18.4 Å². The third-order valence-corrected chi connectivity index (χ3v) is 4.69. The van der Waals surface area contributed by atoms with E-state index in [9.17, 15) is 9.59 Å². The van der Waals surface area contributed by atoms with E-state index in [0.29, 0.717) is 20.6 Å². The molecule has 21 heavy (non-hydrogen) atoms. The summed E-state index contributed by atoms with van der Waals surface area (Å²) in [4.78, 5) is 24.5. The molecule has 0 saturated carbocycles. The van der Waals surface area contributed by atoms with Crippen LogP contribution in [0.2, 0.25) is 0 Å². The molecule has 0 fully saturated rings. The zero-order chi connectivity index (χ0) is 15.6. The number of amides is 1. The minimum absolute atomic E-state index is 0.270. The molecule has 1 aromatic heterocycles. The summed E-state index contributed by atoms with van der Waals surface area (Å²) in [6, 6.07) is 5.48. The first-order chi connectivity index (χ1) is 9.93. The predicted octanol–water partition coefficient (Wildman–Crippen LogP) is 4.17. The first-order valence-corrected chi connectivity index (χ1v) is 7.85. The van der Waals surface area contributed by atoms with Crippen LogP contribution in [-0.4, -0.2) is 19.0 Å². The van der Waals surface area contributed by atoms with Crippen LogP contribution in [0.3, 0.4) is 0 Å². The molecule has 1 amide bonds. The molecular weight excluding hydrogens is 354 g/mol. The molecule has 0 saturated heterocycles. The fourth-order valence-electron chi connectivity index (χ4n) is 1.83. The van der Waals surface area contributed by atoms with Gasteiger partial charge >= 0.3 is 5.97 Å². The maximum Gasteiger partial charge on any atom is 0.350 e. The summed E-state index contributed by atoms with van der Waals surface area (Å²) in [5.41, 5.74) is 2.91. The number of rotatable bonds is 3. The van der Waals surface area contributed by atoms with Crippen LogP contribution in [0.4, 0.5) is 5.69 Å². The summed E-state index contributed by atoms with van der Waals surface area (Å²) < 4.78 is 5.44. The first-order valence-electron chi connectivity index (χ1n) is 6.18. The number of thiophene rings is 1. The molecule has 1 N–H and O–H groups in total. The average Bonchev–Trinajstić information content (AvgIpc) is 2.79. The van der Waals surface area contributed by atoms with E-state index in [1.54, 1.807) is 6.07 Å². The molecular formula is C15H14BrNO3S. The van der Waals surface area contributed by atoms with Crippen molar-refractivity contribution in [3.05, 3.63) is 49.6 Å². The van der Waals surface area contributed by atoms with Gasteiger partial charge in [0.2, 0.25) is 0 Å². The first kappa shape index (κ1) is 15.7. The van der Waals surface area contributed by atoms with Gasteiger partial charge in [-0.05, 0) is 58.4 Å². The van der Waals surface area contributed by atoms with Gasteiger partial charge in [0.25, 0.3) is 5.91 Å². The van der Waals surface area contributed by atoms with Gasteiger partial charge in [-0.25, -0.2) is 4.79 Å². The molecule has 0 unspecified atom stereocenters. The van der Waals surface area contributed by atoms with Crippen LogP contribution in [0, 0.1) is 13.8 Å². The number of aryl methyl sites for hydroxylation is 2. The standard InChI is InChI=1S/C15H14BrNO3S/c1-8-4-5-10(11(16)6-8)14(18)17-12-9(2)7-21-13(12)15(19)20-3/h4-7H,1-3H3,(H,17,18). The Kier molecular flexibility index (Phi) is 4.80. The third-order valence-electron chi connectivity index (χ3n) is 2.95. The second-order valence-corrected chi connectivity index (χ2v) is 6.29. The third kappa shape index (κ3) is 3.33. The van der Waals surface area contributed by atoms with Gasteiger partial charge in [-0.3, -0.25) is 4.79 Å². The molecule has 2 rings (SSSR count). The van der Waals surface area contributed by atoms with Crippen molar-refractivity contribution >= 4 is 44.8 Å². The lowest BCUT2D eigenvalue weighted by Gasteiger charge is -2.09. The van der Waals surface area contributed by atoms with Crippen molar-refractivity contribution < 1.29 is 14.3 Å². The molecule has 0 aliphatic carbocycles. The molecule has 0 spiro atoms. The zero-order valence-electron chi connectivity index (χ0n) is 11.8. The number of anilines is 1. The summed E-state index contributed by atoms with van der Waals surface area (Å²) in [7, 11) is 1.32. The van der Waals surface area contributed by atoms with Gasteiger partial charge in [0.1, 0.15) is 4.88 Å². The van der Waals surface area contributed by atoms with Crippen LogP contribution in [-0.2, 0) is 4.74 Å². The van der Waals surface area contributed by atoms with E-state index >= 15 is 0 Å². The molecule has 0 aliphatic rings. The zero-order valence-corrected chi connectivity index (χ0v) is 14.2. The fraction of sp³-hybridized carbons (Fsp3) is 0.200. The molecule has 110 valence electrons. The Morgan fingerprint density at radius 2 is 2.00 bits per heavy atom. The van der Waals surface area contributed by atoms with Crippen molar-refractivity contribution in [2.75, 3.05) is 12.4 Å². The van der Waals surface area contributed by atoms with Gasteiger partial charge < -0.3 is 10.1 Å². The van der Waals surface area contributed by atoms with Crippen LogP contribution in [0.1, 0.15) is 31.2 Å². The number of methoxy groups -OCH3 is 1. The highest BCUT2D eigenvalue weighted by atomic mass is 79.9. The number of benzene rings is 1. The Morgan fingerprint density at radius 1 is 1.29 bits per heavy atom. The van der Waals surface area contributed by atoms with E-state index in [4.69, 9.17) is 4.74 Å². The smallest absolute Gasteiger partial charge is 0.350 e. The largest absolute Gasteiger partial charge is 0.465 e. The number of carbonyl (C=O) groups excluding carboxylic acids is 2. The lowest BCUT2D eigenvalue weighted by molar-refractivity contribution is 0.0607. The van der Waals surface area contributed by atoms with Crippen LogP contribution in [0.15, 0.2) is 28.1 Å². The van der Waals surface area contributed by atoms with Gasteiger partial charge in [0.15, 0.2) is 0 Å². The second kappa shape index (κ2) is 6.41. The van der Waals surface area contributed by atoms with Gasteiger partial charge in [-0.15, -0.1) is 11.3 Å². The van der Waals surface area contributed by atoms with Gasteiger partial charge in [-0.1, -0.05) is 6.07 Å². The number of esters is 1. The molecule has 6 heteroatoms. The monoisotopic (exact) mass is 367 g/mol. The van der Waals surface area contributed by atoms with Crippen molar-refractivity contribution in [2.45, 2.75) is 13.8 Å². The second-order valence-electron chi connectivity index (χ2n) is 4.55. The molecule has 1 aromatic carbocycles. The van der Waals surface area contributed by atoms with Crippen molar-refractivity contribution in [2.24, 2.45) is 0 Å². The number of hydrogen-bond acceptors (Lipinski definition) is 4. The number of carbonyl (C=O) groups is 2. The quantitative estimate of drug-likeness (QED) is 0.828. The Bertz CT molecular complexity index is 709.